The lowest BCUT2D eigenvalue weighted by Crippen LogP contribution is -2.42. The van der Waals surface area contributed by atoms with E-state index in [0.717, 1.165) is 12.5 Å². The van der Waals surface area contributed by atoms with Crippen molar-refractivity contribution in [2.24, 2.45) is 0 Å². The molecule has 0 spiro atoms. The van der Waals surface area contributed by atoms with E-state index in [1.807, 2.05) is 0 Å². The molecule has 0 fully saturated rings. The van der Waals surface area contributed by atoms with Gasteiger partial charge in [-0.1, -0.05) is 0 Å². The monoisotopic (exact) mass is 163 g/mol. The van der Waals surface area contributed by atoms with E-state index in [0.29, 0.717) is 0 Å². The van der Waals surface area contributed by atoms with E-state index in [1.165, 1.54) is 0 Å². The van der Waals surface area contributed by atoms with Crippen LogP contribution in [0.1, 0.15) is 6.42 Å². The van der Waals surface area contributed by atoms with Crippen molar-refractivity contribution in [2.75, 3.05) is 21.3 Å². The van der Waals surface area contributed by atoms with E-state index in [1.54, 1.807) is 21.3 Å². The molecule has 0 aromatic carbocycles. The maximum absolute atomic E-state index is 5.13. The summed E-state index contributed by atoms with van der Waals surface area (Å²) >= 11 is 0. The lowest BCUT2D eigenvalue weighted by atomic mass is 10.6. The lowest BCUT2D eigenvalue weighted by Gasteiger charge is -2.24. The van der Waals surface area contributed by atoms with Crippen LogP contribution in [0.25, 0.3) is 0 Å². The van der Waals surface area contributed by atoms with Crippen molar-refractivity contribution in [2.45, 2.75) is 12.5 Å². The van der Waals surface area contributed by atoms with Crippen LogP contribution in [0.5, 0.6) is 0 Å². The highest BCUT2D eigenvalue weighted by Gasteiger charge is 2.34. The molecule has 0 aromatic rings. The Hall–Kier alpha value is 0.0969. The molecule has 3 nitrogen and oxygen atoms in total. The largest absolute Gasteiger partial charge is 0.497 e. The Kier molecular flexibility index (Phi) is 4.89. The van der Waals surface area contributed by atoms with Gasteiger partial charge in [-0.2, -0.15) is 6.42 Å². The van der Waals surface area contributed by atoms with Crippen LogP contribution in [0, 0.1) is 6.92 Å². The van der Waals surface area contributed by atoms with Crippen LogP contribution < -0.4 is 0 Å². The fourth-order valence-electron chi connectivity index (χ4n) is 0.773. The SMILES string of the molecule is [CH2-]CC[Si](OC)(OC)OC. The molecule has 62 valence electrons. The highest BCUT2D eigenvalue weighted by atomic mass is 28.4. The van der Waals surface area contributed by atoms with E-state index in [-0.39, 0.29) is 0 Å². The summed E-state index contributed by atoms with van der Waals surface area (Å²) in [5.74, 6) is 0. The van der Waals surface area contributed by atoms with Crippen LogP contribution in [0.15, 0.2) is 0 Å². The quantitative estimate of drug-likeness (QED) is 0.448. The Labute approximate surface area is 63.7 Å². The Morgan fingerprint density at radius 2 is 1.50 bits per heavy atom. The second-order valence-corrected chi connectivity index (χ2v) is 4.99. The Balaban J connectivity index is 3.87. The molecule has 4 heteroatoms. The minimum Gasteiger partial charge on any atom is -0.377 e. The standard InChI is InChI=1S/C6H15O3Si/c1-5-6-10(7-2,8-3)9-4/h1,5-6H2,2-4H3/q-1. The van der Waals surface area contributed by atoms with E-state index < -0.39 is 8.80 Å². The molecular formula is C6H15O3Si-. The molecule has 0 bridgehead atoms. The third-order valence-electron chi connectivity index (χ3n) is 1.42. The molecule has 0 aromatic heterocycles. The molecule has 0 amide bonds. The summed E-state index contributed by atoms with van der Waals surface area (Å²) in [7, 11) is 2.54. The number of hydrogen-bond acceptors (Lipinski definition) is 3. The van der Waals surface area contributed by atoms with Gasteiger partial charge in [0.15, 0.2) is 0 Å². The van der Waals surface area contributed by atoms with Gasteiger partial charge in [-0.25, -0.2) is 0 Å². The normalized spacial score (nSPS) is 12.0. The van der Waals surface area contributed by atoms with Gasteiger partial charge < -0.3 is 20.2 Å². The second kappa shape index (κ2) is 4.84. The Morgan fingerprint density at radius 3 is 1.60 bits per heavy atom. The molecule has 0 radical (unpaired) electrons. The minimum absolute atomic E-state index is 0.774. The molecule has 0 rings (SSSR count). The highest BCUT2D eigenvalue weighted by molar-refractivity contribution is 6.60. The molecule has 0 aliphatic heterocycles. The van der Waals surface area contributed by atoms with Crippen molar-refractivity contribution in [1.29, 1.82) is 0 Å². The van der Waals surface area contributed by atoms with Crippen molar-refractivity contribution in [1.82, 2.24) is 0 Å². The van der Waals surface area contributed by atoms with Crippen LogP contribution in [0.4, 0.5) is 0 Å². The van der Waals surface area contributed by atoms with Gasteiger partial charge in [-0.15, -0.1) is 0 Å². The van der Waals surface area contributed by atoms with Crippen molar-refractivity contribution < 1.29 is 13.3 Å². The van der Waals surface area contributed by atoms with Gasteiger partial charge in [0.1, 0.15) is 0 Å². The van der Waals surface area contributed by atoms with Gasteiger partial charge >= 0.3 is 8.80 Å². The average Bonchev–Trinajstić information content (AvgIpc) is 2.01. The molecular weight excluding hydrogens is 148 g/mol. The Bertz CT molecular complexity index is 74.8. The van der Waals surface area contributed by atoms with Crippen LogP contribution >= 0.6 is 0 Å². The maximum Gasteiger partial charge on any atom is 0.497 e. The lowest BCUT2D eigenvalue weighted by molar-refractivity contribution is 0.124. The van der Waals surface area contributed by atoms with Crippen LogP contribution in [0.2, 0.25) is 6.04 Å². The van der Waals surface area contributed by atoms with Gasteiger partial charge in [0.25, 0.3) is 0 Å². The zero-order valence-corrected chi connectivity index (χ0v) is 7.85. The molecule has 0 aliphatic rings. The van der Waals surface area contributed by atoms with Gasteiger partial charge in [0, 0.05) is 21.3 Å². The highest BCUT2D eigenvalue weighted by Crippen LogP contribution is 2.13. The van der Waals surface area contributed by atoms with E-state index in [9.17, 15) is 0 Å². The first-order chi connectivity index (χ1) is 4.74. The zero-order valence-electron chi connectivity index (χ0n) is 6.85. The molecule has 0 saturated carbocycles. The summed E-state index contributed by atoms with van der Waals surface area (Å²) in [4.78, 5) is 0. The topological polar surface area (TPSA) is 27.7 Å². The molecule has 0 unspecified atom stereocenters. The fourth-order valence-corrected chi connectivity index (χ4v) is 2.32. The number of hydrogen-bond donors (Lipinski definition) is 0. The first-order valence-electron chi connectivity index (χ1n) is 3.19. The second-order valence-electron chi connectivity index (χ2n) is 1.90. The predicted molar refractivity (Wildman–Crippen MR) is 41.6 cm³/mol. The Morgan fingerprint density at radius 1 is 1.10 bits per heavy atom. The van der Waals surface area contributed by atoms with Crippen LogP contribution in [-0.4, -0.2) is 30.1 Å². The van der Waals surface area contributed by atoms with Crippen molar-refractivity contribution in [3.05, 3.63) is 6.92 Å². The van der Waals surface area contributed by atoms with Gasteiger partial charge in [0.05, 0.1) is 0 Å². The smallest absolute Gasteiger partial charge is 0.377 e. The molecule has 0 aliphatic carbocycles. The summed E-state index contributed by atoms with van der Waals surface area (Å²) in [5, 5.41) is 0. The number of rotatable bonds is 5. The molecule has 0 atom stereocenters. The fraction of sp³-hybridized carbons (Fsp3) is 0.833. The molecule has 0 heterocycles. The zero-order chi connectivity index (χ0) is 8.04. The van der Waals surface area contributed by atoms with Crippen LogP contribution in [-0.2, 0) is 13.3 Å². The minimum atomic E-state index is -2.28. The van der Waals surface area contributed by atoms with Gasteiger partial charge in [0.2, 0.25) is 0 Å². The molecule has 0 saturated heterocycles. The summed E-state index contributed by atoms with van der Waals surface area (Å²) in [6, 6.07) is 0.774. The molecule has 10 heavy (non-hydrogen) atoms. The first-order valence-corrected chi connectivity index (χ1v) is 5.12. The van der Waals surface area contributed by atoms with Crippen molar-refractivity contribution in [3.8, 4) is 0 Å². The van der Waals surface area contributed by atoms with Gasteiger partial charge in [-0.3, -0.25) is 0 Å². The van der Waals surface area contributed by atoms with Crippen molar-refractivity contribution >= 4 is 8.80 Å². The van der Waals surface area contributed by atoms with Crippen LogP contribution in [0.3, 0.4) is 0 Å². The summed E-state index contributed by atoms with van der Waals surface area (Å²) in [6.07, 6.45) is 0.780. The van der Waals surface area contributed by atoms with Crippen molar-refractivity contribution in [3.63, 3.8) is 0 Å². The first kappa shape index (κ1) is 10.1. The summed E-state index contributed by atoms with van der Waals surface area (Å²) in [6.45, 7) is 3.71. The van der Waals surface area contributed by atoms with E-state index >= 15 is 0 Å². The molecule has 0 N–H and O–H groups in total. The summed E-state index contributed by atoms with van der Waals surface area (Å²) in [5.41, 5.74) is 0. The van der Waals surface area contributed by atoms with E-state index in [2.05, 4.69) is 6.92 Å². The predicted octanol–water partition coefficient (Wildman–Crippen LogP) is 1.09. The van der Waals surface area contributed by atoms with Gasteiger partial charge in [-0.05, 0) is 6.04 Å². The third kappa shape index (κ3) is 2.38. The van der Waals surface area contributed by atoms with E-state index in [4.69, 9.17) is 13.3 Å². The third-order valence-corrected chi connectivity index (χ3v) is 4.25. The maximum atomic E-state index is 5.13. The summed E-state index contributed by atoms with van der Waals surface area (Å²) < 4.78 is 15.4. The average molecular weight is 163 g/mol.